The van der Waals surface area contributed by atoms with Crippen LogP contribution in [0.4, 0.5) is 0 Å². The zero-order chi connectivity index (χ0) is 31.1. The Morgan fingerprint density at radius 1 is 0.600 bits per heavy atom. The third-order valence-electron chi connectivity index (χ3n) is 8.04. The summed E-state index contributed by atoms with van der Waals surface area (Å²) in [5.41, 5.74) is 3.73. The topological polar surface area (TPSA) is 66.8 Å². The Kier molecular flexibility index (Phi) is 9.62. The molecule has 0 radical (unpaired) electrons. The standard InChI is InChI=1S/C36H56O4/c1-15-36(31(39)40-16-2,21-23-17-25(32(3,4)5)29(37)26(18-23)33(6,7)8)22-24-19-27(34(9,10)11)30(38)28(20-24)35(12,13)14/h17-20,37-38H,15-16,21-22H2,1-14H3. The van der Waals surface area contributed by atoms with Crippen LogP contribution in [-0.2, 0) is 44.0 Å². The lowest BCUT2D eigenvalue weighted by Crippen LogP contribution is -2.37. The summed E-state index contributed by atoms with van der Waals surface area (Å²) in [5, 5.41) is 22.6. The van der Waals surface area contributed by atoms with E-state index in [9.17, 15) is 15.0 Å². The lowest BCUT2D eigenvalue weighted by atomic mass is 9.70. The largest absolute Gasteiger partial charge is 0.507 e. The molecular formula is C36H56O4. The molecule has 0 heterocycles. The van der Waals surface area contributed by atoms with Crippen molar-refractivity contribution < 1.29 is 19.7 Å². The van der Waals surface area contributed by atoms with E-state index in [0.29, 0.717) is 37.4 Å². The van der Waals surface area contributed by atoms with Gasteiger partial charge in [-0.25, -0.2) is 0 Å². The van der Waals surface area contributed by atoms with E-state index >= 15 is 0 Å². The van der Waals surface area contributed by atoms with Gasteiger partial charge in [-0.1, -0.05) is 114 Å². The van der Waals surface area contributed by atoms with Gasteiger partial charge in [0.05, 0.1) is 12.0 Å². The van der Waals surface area contributed by atoms with Gasteiger partial charge in [0.15, 0.2) is 0 Å². The molecule has 0 atom stereocenters. The van der Waals surface area contributed by atoms with Gasteiger partial charge in [-0.05, 0) is 81.2 Å². The highest BCUT2D eigenvalue weighted by molar-refractivity contribution is 5.78. The van der Waals surface area contributed by atoms with Gasteiger partial charge in [0.2, 0.25) is 0 Å². The molecule has 4 heteroatoms. The quantitative estimate of drug-likeness (QED) is 0.336. The van der Waals surface area contributed by atoms with Crippen LogP contribution in [0.25, 0.3) is 0 Å². The fourth-order valence-electron chi connectivity index (χ4n) is 5.55. The lowest BCUT2D eigenvalue weighted by Gasteiger charge is -2.34. The van der Waals surface area contributed by atoms with Crippen molar-refractivity contribution >= 4 is 5.97 Å². The maximum absolute atomic E-state index is 13.8. The second-order valence-corrected chi connectivity index (χ2v) is 15.8. The Morgan fingerprint density at radius 2 is 0.875 bits per heavy atom. The number of benzene rings is 2. The first-order valence-corrected chi connectivity index (χ1v) is 14.9. The summed E-state index contributed by atoms with van der Waals surface area (Å²) in [6.45, 7) is 29.5. The van der Waals surface area contributed by atoms with Gasteiger partial charge in [-0.15, -0.1) is 0 Å². The fraction of sp³-hybridized carbons (Fsp3) is 0.639. The van der Waals surface area contributed by atoms with E-state index in [1.165, 1.54) is 0 Å². The predicted molar refractivity (Wildman–Crippen MR) is 168 cm³/mol. The lowest BCUT2D eigenvalue weighted by molar-refractivity contribution is -0.155. The fourth-order valence-corrected chi connectivity index (χ4v) is 5.55. The van der Waals surface area contributed by atoms with E-state index in [0.717, 1.165) is 33.4 Å². The number of carbonyl (C=O) groups excluding carboxylic acids is 1. The SMILES string of the molecule is CCOC(=O)C(CC)(Cc1cc(C(C)(C)C)c(O)c(C(C)(C)C)c1)Cc1cc(C(C)(C)C)c(O)c(C(C)(C)C)c1. The molecule has 2 aromatic carbocycles. The first kappa shape index (κ1) is 33.7. The van der Waals surface area contributed by atoms with E-state index in [1.807, 2.05) is 6.92 Å². The third kappa shape index (κ3) is 7.42. The van der Waals surface area contributed by atoms with Crippen LogP contribution >= 0.6 is 0 Å². The number of phenolic OH excluding ortho intramolecular Hbond substituents is 2. The van der Waals surface area contributed by atoms with E-state index < -0.39 is 5.41 Å². The highest BCUT2D eigenvalue weighted by Crippen LogP contribution is 2.44. The van der Waals surface area contributed by atoms with E-state index in [4.69, 9.17) is 4.74 Å². The summed E-state index contributed by atoms with van der Waals surface area (Å²) in [7, 11) is 0. The highest BCUT2D eigenvalue weighted by atomic mass is 16.5. The molecule has 0 bridgehead atoms. The Morgan fingerprint density at radius 3 is 1.07 bits per heavy atom. The number of ether oxygens (including phenoxy) is 1. The molecular weight excluding hydrogens is 496 g/mol. The molecule has 0 aliphatic heterocycles. The molecule has 0 spiro atoms. The van der Waals surface area contributed by atoms with Crippen molar-refractivity contribution in [3.8, 4) is 11.5 Å². The Hall–Kier alpha value is -2.49. The molecule has 0 aliphatic carbocycles. The summed E-state index contributed by atoms with van der Waals surface area (Å²) >= 11 is 0. The van der Waals surface area contributed by atoms with Gasteiger partial charge in [0.1, 0.15) is 11.5 Å². The molecule has 0 fully saturated rings. The Bertz CT molecular complexity index is 1050. The molecule has 224 valence electrons. The molecule has 2 aromatic rings. The van der Waals surface area contributed by atoms with Crippen molar-refractivity contribution in [1.82, 2.24) is 0 Å². The first-order valence-electron chi connectivity index (χ1n) is 14.9. The van der Waals surface area contributed by atoms with Crippen molar-refractivity contribution in [2.75, 3.05) is 6.61 Å². The highest BCUT2D eigenvalue weighted by Gasteiger charge is 2.40. The summed E-state index contributed by atoms with van der Waals surface area (Å²) in [4.78, 5) is 13.8. The van der Waals surface area contributed by atoms with Crippen molar-refractivity contribution in [3.05, 3.63) is 57.6 Å². The maximum Gasteiger partial charge on any atom is 0.312 e. The van der Waals surface area contributed by atoms with Crippen molar-refractivity contribution in [3.63, 3.8) is 0 Å². The van der Waals surface area contributed by atoms with Crippen molar-refractivity contribution in [2.45, 2.75) is 138 Å². The average Bonchev–Trinajstić information content (AvgIpc) is 2.77. The van der Waals surface area contributed by atoms with Gasteiger partial charge in [0, 0.05) is 0 Å². The molecule has 0 amide bonds. The Labute approximate surface area is 244 Å². The molecule has 0 aliphatic rings. The second kappa shape index (κ2) is 11.4. The second-order valence-electron chi connectivity index (χ2n) is 15.8. The molecule has 40 heavy (non-hydrogen) atoms. The number of rotatable bonds is 7. The zero-order valence-electron chi connectivity index (χ0n) is 27.8. The summed E-state index contributed by atoms with van der Waals surface area (Å²) in [6.07, 6.45) is 1.58. The molecule has 0 unspecified atom stereocenters. The summed E-state index contributed by atoms with van der Waals surface area (Å²) < 4.78 is 5.74. The molecule has 2 rings (SSSR count). The number of hydrogen-bond donors (Lipinski definition) is 2. The minimum Gasteiger partial charge on any atom is -0.507 e. The molecule has 2 N–H and O–H groups in total. The predicted octanol–water partition coefficient (Wildman–Crippen LogP) is 9.03. The van der Waals surface area contributed by atoms with Crippen LogP contribution in [0, 0.1) is 5.41 Å². The molecule has 0 saturated carbocycles. The number of phenols is 2. The van der Waals surface area contributed by atoms with Crippen LogP contribution in [0.1, 0.15) is 137 Å². The first-order chi connectivity index (χ1) is 18.0. The third-order valence-corrected chi connectivity index (χ3v) is 8.04. The molecule has 0 aromatic heterocycles. The van der Waals surface area contributed by atoms with Crippen LogP contribution in [0.3, 0.4) is 0 Å². The number of aromatic hydroxyl groups is 2. The van der Waals surface area contributed by atoms with Gasteiger partial charge in [0.25, 0.3) is 0 Å². The van der Waals surface area contributed by atoms with Crippen molar-refractivity contribution in [2.24, 2.45) is 5.41 Å². The number of esters is 1. The molecule has 0 saturated heterocycles. The minimum atomic E-state index is -0.807. The smallest absolute Gasteiger partial charge is 0.312 e. The van der Waals surface area contributed by atoms with Gasteiger partial charge >= 0.3 is 5.97 Å². The molecule has 4 nitrogen and oxygen atoms in total. The zero-order valence-corrected chi connectivity index (χ0v) is 27.8. The van der Waals surface area contributed by atoms with Gasteiger partial charge < -0.3 is 14.9 Å². The average molecular weight is 553 g/mol. The van der Waals surface area contributed by atoms with Crippen LogP contribution in [0.5, 0.6) is 11.5 Å². The minimum absolute atomic E-state index is 0.206. The van der Waals surface area contributed by atoms with Crippen LogP contribution in [0.15, 0.2) is 24.3 Å². The van der Waals surface area contributed by atoms with E-state index in [-0.39, 0.29) is 27.6 Å². The Balaban J connectivity index is 2.84. The summed E-state index contributed by atoms with van der Waals surface area (Å²) in [6, 6.07) is 8.30. The van der Waals surface area contributed by atoms with Crippen LogP contribution < -0.4 is 0 Å². The number of hydrogen-bond acceptors (Lipinski definition) is 4. The maximum atomic E-state index is 13.8. The van der Waals surface area contributed by atoms with Crippen molar-refractivity contribution in [1.29, 1.82) is 0 Å². The summed E-state index contributed by atoms with van der Waals surface area (Å²) in [5.74, 6) is 0.471. The van der Waals surface area contributed by atoms with E-state index in [2.05, 4.69) is 114 Å². The van der Waals surface area contributed by atoms with Crippen LogP contribution in [0.2, 0.25) is 0 Å². The van der Waals surface area contributed by atoms with Crippen LogP contribution in [-0.4, -0.2) is 22.8 Å². The number of carbonyl (C=O) groups is 1. The monoisotopic (exact) mass is 552 g/mol. The van der Waals surface area contributed by atoms with E-state index in [1.54, 1.807) is 0 Å². The van der Waals surface area contributed by atoms with Gasteiger partial charge in [-0.2, -0.15) is 0 Å². The van der Waals surface area contributed by atoms with Gasteiger partial charge in [-0.3, -0.25) is 4.79 Å². The normalized spacial score (nSPS) is 13.4.